The van der Waals surface area contributed by atoms with E-state index in [1.807, 2.05) is 0 Å². The van der Waals surface area contributed by atoms with E-state index in [1.165, 1.54) is 0 Å². The molecule has 1 unspecified atom stereocenters. The van der Waals surface area contributed by atoms with E-state index in [2.05, 4.69) is 9.12 Å². The lowest BCUT2D eigenvalue weighted by molar-refractivity contribution is 1.30. The van der Waals surface area contributed by atoms with E-state index in [0.29, 0.717) is 10.8 Å². The molecular formula is C4H8N8S2. The average molecular weight is 232 g/mol. The first-order valence-electron chi connectivity index (χ1n) is 3.00. The topological polar surface area (TPSA) is 174 Å². The zero-order valence-corrected chi connectivity index (χ0v) is 8.52. The van der Waals surface area contributed by atoms with Gasteiger partial charge in [-0.1, -0.05) is 0 Å². The Balaban J connectivity index is 5.02. The molecule has 0 saturated carbocycles. The van der Waals surface area contributed by atoms with Gasteiger partial charge in [0.15, 0.2) is 17.3 Å². The summed E-state index contributed by atoms with van der Waals surface area (Å²) in [4.78, 5) is 0. The maximum Gasteiger partial charge on any atom is 0.199 e. The summed E-state index contributed by atoms with van der Waals surface area (Å²) >= 11 is 0. The summed E-state index contributed by atoms with van der Waals surface area (Å²) in [5, 5.41) is 27.6. The van der Waals surface area contributed by atoms with Crippen LogP contribution in [-0.4, -0.2) is 11.9 Å². The van der Waals surface area contributed by atoms with Crippen molar-refractivity contribution in [3.63, 3.8) is 0 Å². The zero-order chi connectivity index (χ0) is 11.2. The van der Waals surface area contributed by atoms with Crippen molar-refractivity contribution >= 4 is 32.1 Å². The van der Waals surface area contributed by atoms with Crippen LogP contribution in [0.2, 0.25) is 0 Å². The fourth-order valence-corrected chi connectivity index (χ4v) is 2.63. The van der Waals surface area contributed by atoms with Crippen molar-refractivity contribution in [3.05, 3.63) is 0 Å². The summed E-state index contributed by atoms with van der Waals surface area (Å²) in [5.41, 5.74) is 15.2. The first-order chi connectivity index (χ1) is 6.45. The summed E-state index contributed by atoms with van der Waals surface area (Å²) in [6.45, 7) is 0. The predicted molar refractivity (Wildman–Crippen MR) is 57.3 cm³/mol. The van der Waals surface area contributed by atoms with Crippen LogP contribution in [0, 0.1) is 26.7 Å². The van der Waals surface area contributed by atoms with Crippen molar-refractivity contribution in [3.8, 4) is 10.8 Å². The van der Waals surface area contributed by atoms with Crippen LogP contribution in [0.25, 0.3) is 0 Å². The Kier molecular flexibility index (Phi) is 4.42. The highest BCUT2D eigenvalue weighted by Gasteiger charge is 2.25. The molecule has 0 amide bonds. The molecule has 0 fully saturated rings. The highest BCUT2D eigenvalue weighted by molar-refractivity contribution is 8.96. The predicted octanol–water partition coefficient (Wildman–Crippen LogP) is -1.01. The molecule has 0 spiro atoms. The third kappa shape index (κ3) is 3.75. The van der Waals surface area contributed by atoms with Gasteiger partial charge in [-0.05, 0) is 0 Å². The van der Waals surface area contributed by atoms with Gasteiger partial charge in [0, 0.05) is 0 Å². The monoisotopic (exact) mass is 232 g/mol. The van der Waals surface area contributed by atoms with Crippen molar-refractivity contribution in [2.24, 2.45) is 21.6 Å². The van der Waals surface area contributed by atoms with Gasteiger partial charge >= 0.3 is 0 Å². The van der Waals surface area contributed by atoms with Crippen molar-refractivity contribution < 1.29 is 0 Å². The molecule has 10 heteroatoms. The van der Waals surface area contributed by atoms with E-state index in [0.717, 1.165) is 0 Å². The van der Waals surface area contributed by atoms with Gasteiger partial charge in [0.1, 0.15) is 5.40 Å². The standard InChI is InChI=1S/C4H8N8S2/c5-1-13-14(2-6,11-3(7)8)12-4(9)10/h(H4,7,8,11)(H4,9,10,12). The van der Waals surface area contributed by atoms with Crippen LogP contribution in [0.1, 0.15) is 0 Å². The van der Waals surface area contributed by atoms with Crippen LogP contribution in [0.15, 0.2) is 4.40 Å². The van der Waals surface area contributed by atoms with E-state index in [-0.39, 0.29) is 5.96 Å². The molecular weight excluding hydrogens is 224 g/mol. The van der Waals surface area contributed by atoms with Crippen molar-refractivity contribution in [1.82, 2.24) is 4.72 Å². The third-order valence-electron chi connectivity index (χ3n) is 0.764. The SMILES string of the molecule is N#CSS(C#N)(N=C(N)N)NC(=N)N. The highest BCUT2D eigenvalue weighted by Crippen LogP contribution is 2.56. The molecule has 0 rings (SSSR count). The minimum atomic E-state index is -2.68. The highest BCUT2D eigenvalue weighted by atomic mass is 33.2. The number of thiocyanates is 2. The number of hydrogen-bond donors (Lipinski definition) is 5. The van der Waals surface area contributed by atoms with Crippen LogP contribution in [0.3, 0.4) is 0 Å². The molecule has 1 atom stereocenters. The molecule has 14 heavy (non-hydrogen) atoms. The van der Waals surface area contributed by atoms with E-state index < -0.39 is 15.4 Å². The molecule has 0 aromatic carbocycles. The molecule has 8 nitrogen and oxygen atoms in total. The van der Waals surface area contributed by atoms with Gasteiger partial charge in [-0.2, -0.15) is 14.9 Å². The van der Waals surface area contributed by atoms with E-state index in [9.17, 15) is 0 Å². The number of rotatable bonds is 3. The molecule has 0 saturated heterocycles. The molecule has 0 heterocycles. The van der Waals surface area contributed by atoms with Gasteiger partial charge in [0.05, 0.1) is 20.2 Å². The van der Waals surface area contributed by atoms with Gasteiger partial charge in [-0.15, -0.1) is 0 Å². The first-order valence-corrected chi connectivity index (χ1v) is 5.92. The molecule has 0 bridgehead atoms. The molecule has 0 aromatic heterocycles. The number of nitrogens with one attached hydrogen (secondary N) is 2. The molecule has 0 aromatic rings. The lowest BCUT2D eigenvalue weighted by Gasteiger charge is -2.23. The molecule has 76 valence electrons. The molecule has 8 N–H and O–H groups in total. The summed E-state index contributed by atoms with van der Waals surface area (Å²) in [7, 11) is -2.15. The summed E-state index contributed by atoms with van der Waals surface area (Å²) in [6, 6.07) is 0. The normalized spacial score (nSPS) is 15.0. The van der Waals surface area contributed by atoms with Crippen molar-refractivity contribution in [2.45, 2.75) is 0 Å². The average Bonchev–Trinajstić information content (AvgIpc) is 2.02. The Labute approximate surface area is 85.6 Å². The second-order valence-corrected chi connectivity index (χ2v) is 5.74. The van der Waals surface area contributed by atoms with Crippen molar-refractivity contribution in [2.75, 3.05) is 0 Å². The van der Waals surface area contributed by atoms with Crippen LogP contribution < -0.4 is 21.9 Å². The lowest BCUT2D eigenvalue weighted by atomic mass is 11.1. The van der Waals surface area contributed by atoms with Gasteiger partial charge in [-0.3, -0.25) is 10.1 Å². The van der Waals surface area contributed by atoms with E-state index in [1.54, 1.807) is 10.8 Å². The first kappa shape index (κ1) is 12.2. The largest absolute Gasteiger partial charge is 0.369 e. The zero-order valence-electron chi connectivity index (χ0n) is 6.89. The maximum atomic E-state index is 8.79. The van der Waals surface area contributed by atoms with Gasteiger partial charge in [0.25, 0.3) is 0 Å². The Morgan fingerprint density at radius 3 is 2.29 bits per heavy atom. The van der Waals surface area contributed by atoms with Gasteiger partial charge < -0.3 is 17.2 Å². The lowest BCUT2D eigenvalue weighted by Crippen LogP contribution is -2.32. The summed E-state index contributed by atoms with van der Waals surface area (Å²) in [5.74, 6) is -0.827. The van der Waals surface area contributed by atoms with Crippen LogP contribution in [0.5, 0.6) is 0 Å². The number of nitriles is 2. The Hall–Kier alpha value is -1.78. The molecule has 0 aliphatic rings. The number of nitrogens with two attached hydrogens (primary N) is 3. The van der Waals surface area contributed by atoms with E-state index >= 15 is 0 Å². The number of nitrogens with zero attached hydrogens (tertiary/aromatic N) is 3. The fraction of sp³-hybridized carbons (Fsp3) is 0. The Bertz CT molecular complexity index is 332. The minimum absolute atomic E-state index is 0.349. The molecule has 0 radical (unpaired) electrons. The Morgan fingerprint density at radius 1 is 1.43 bits per heavy atom. The van der Waals surface area contributed by atoms with Crippen LogP contribution in [0.4, 0.5) is 0 Å². The second-order valence-electron chi connectivity index (χ2n) is 1.82. The number of guanidine groups is 2. The second kappa shape index (κ2) is 5.06. The summed E-state index contributed by atoms with van der Waals surface area (Å²) in [6.07, 6.45) is 0. The number of hydrogen-bond acceptors (Lipinski definition) is 5. The van der Waals surface area contributed by atoms with E-state index in [4.69, 9.17) is 33.1 Å². The van der Waals surface area contributed by atoms with Crippen LogP contribution >= 0.6 is 20.2 Å². The smallest absolute Gasteiger partial charge is 0.199 e. The molecule has 0 aliphatic heterocycles. The fourth-order valence-electron chi connectivity index (χ4n) is 0.476. The van der Waals surface area contributed by atoms with Gasteiger partial charge in [0.2, 0.25) is 0 Å². The quantitative estimate of drug-likeness (QED) is 0.179. The minimum Gasteiger partial charge on any atom is -0.369 e. The van der Waals surface area contributed by atoms with Crippen LogP contribution in [-0.2, 0) is 0 Å². The maximum absolute atomic E-state index is 8.79. The van der Waals surface area contributed by atoms with Gasteiger partial charge in [-0.25, -0.2) is 0 Å². The third-order valence-corrected chi connectivity index (χ3v) is 3.94. The molecule has 0 aliphatic carbocycles. The van der Waals surface area contributed by atoms with Crippen molar-refractivity contribution in [1.29, 1.82) is 15.9 Å². The summed E-state index contributed by atoms with van der Waals surface area (Å²) < 4.78 is 5.81. The Morgan fingerprint density at radius 2 is 2.00 bits per heavy atom.